The van der Waals surface area contributed by atoms with E-state index in [0.29, 0.717) is 23.2 Å². The predicted octanol–water partition coefficient (Wildman–Crippen LogP) is 0.159. The number of carbonyl (C=O) groups excluding carboxylic acids is 2. The van der Waals surface area contributed by atoms with E-state index in [1.165, 1.54) is 11.3 Å². The molecule has 0 aliphatic heterocycles. The van der Waals surface area contributed by atoms with Crippen LogP contribution in [0.15, 0.2) is 5.38 Å². The van der Waals surface area contributed by atoms with Crippen LogP contribution in [0.1, 0.15) is 45.2 Å². The van der Waals surface area contributed by atoms with Gasteiger partial charge in [-0.3, -0.25) is 20.4 Å². The third kappa shape index (κ3) is 4.39. The lowest BCUT2D eigenvalue weighted by Gasteiger charge is -2.31. The zero-order valence-corrected chi connectivity index (χ0v) is 13.7. The summed E-state index contributed by atoms with van der Waals surface area (Å²) in [6.07, 6.45) is 1.66. The molecule has 1 aromatic rings. The number of hydrogen-bond donors (Lipinski definition) is 5. The first-order valence-corrected chi connectivity index (χ1v) is 7.95. The smallest absolute Gasteiger partial charge is 0.246 e. The highest BCUT2D eigenvalue weighted by molar-refractivity contribution is 7.13. The van der Waals surface area contributed by atoms with Crippen LogP contribution in [-0.2, 0) is 15.0 Å². The van der Waals surface area contributed by atoms with Crippen molar-refractivity contribution in [1.82, 2.24) is 15.8 Å². The number of rotatable bonds is 8. The molecule has 0 saturated carbocycles. The average molecular weight is 328 g/mol. The molecule has 0 unspecified atom stereocenters. The number of hydrazine groups is 2. The number of thiazole rings is 1. The Kier molecular flexibility index (Phi) is 6.72. The fourth-order valence-electron chi connectivity index (χ4n) is 2.30. The van der Waals surface area contributed by atoms with E-state index in [4.69, 9.17) is 17.4 Å². The van der Waals surface area contributed by atoms with Gasteiger partial charge < -0.3 is 5.73 Å². The number of amides is 2. The van der Waals surface area contributed by atoms with E-state index in [1.807, 2.05) is 0 Å². The third-order valence-electron chi connectivity index (χ3n) is 3.67. The van der Waals surface area contributed by atoms with Crippen molar-refractivity contribution in [2.45, 2.75) is 44.9 Å². The molecule has 1 rings (SSSR count). The highest BCUT2D eigenvalue weighted by Crippen LogP contribution is 2.37. The number of anilines is 1. The molecule has 0 aromatic carbocycles. The molecule has 0 aliphatic carbocycles. The van der Waals surface area contributed by atoms with Crippen LogP contribution in [0.4, 0.5) is 5.13 Å². The summed E-state index contributed by atoms with van der Waals surface area (Å²) in [5, 5.41) is 2.11. The van der Waals surface area contributed by atoms with Gasteiger partial charge in [0.2, 0.25) is 11.8 Å². The van der Waals surface area contributed by atoms with Gasteiger partial charge in [0.1, 0.15) is 0 Å². The zero-order chi connectivity index (χ0) is 16.8. The van der Waals surface area contributed by atoms with Crippen LogP contribution in [0.25, 0.3) is 0 Å². The number of nitrogens with one attached hydrogen (secondary N) is 2. The SMILES string of the molecule is CC(C)CC[C@](CCC(=O)NN)(C(=O)NN)c1csc(N)n1. The zero-order valence-electron chi connectivity index (χ0n) is 12.9. The second-order valence-electron chi connectivity index (χ2n) is 5.63. The quantitative estimate of drug-likeness (QED) is 0.261. The van der Waals surface area contributed by atoms with E-state index in [2.05, 4.69) is 29.7 Å². The second-order valence-corrected chi connectivity index (χ2v) is 6.52. The van der Waals surface area contributed by atoms with E-state index in [9.17, 15) is 9.59 Å². The van der Waals surface area contributed by atoms with E-state index >= 15 is 0 Å². The second kappa shape index (κ2) is 8.06. The molecule has 0 spiro atoms. The lowest BCUT2D eigenvalue weighted by atomic mass is 9.74. The van der Waals surface area contributed by atoms with Crippen LogP contribution in [0, 0.1) is 5.92 Å². The van der Waals surface area contributed by atoms with Crippen LogP contribution >= 0.6 is 11.3 Å². The summed E-state index contributed by atoms with van der Waals surface area (Å²) in [7, 11) is 0. The van der Waals surface area contributed by atoms with E-state index in [1.54, 1.807) is 5.38 Å². The van der Waals surface area contributed by atoms with Crippen molar-refractivity contribution in [1.29, 1.82) is 0 Å². The monoisotopic (exact) mass is 328 g/mol. The lowest BCUT2D eigenvalue weighted by Crippen LogP contribution is -2.48. The summed E-state index contributed by atoms with van der Waals surface area (Å²) < 4.78 is 0. The molecule has 1 atom stereocenters. The Morgan fingerprint density at radius 3 is 2.45 bits per heavy atom. The summed E-state index contributed by atoms with van der Waals surface area (Å²) >= 11 is 1.25. The van der Waals surface area contributed by atoms with Crippen LogP contribution in [0.5, 0.6) is 0 Å². The Morgan fingerprint density at radius 2 is 2.00 bits per heavy atom. The molecule has 0 aliphatic rings. The fraction of sp³-hybridized carbons (Fsp3) is 0.615. The first kappa shape index (κ1) is 18.3. The standard InChI is InChI=1S/C13H24N6O2S/c1-8(2)3-5-13(11(21)19-16,6-4-10(20)18-15)9-7-22-12(14)17-9/h7-8H,3-6,15-16H2,1-2H3,(H2,14,17)(H,18,20)(H,19,21)/t13-/m1/s1. The van der Waals surface area contributed by atoms with Crippen molar-refractivity contribution in [2.75, 3.05) is 5.73 Å². The maximum Gasteiger partial charge on any atom is 0.246 e. The Bertz CT molecular complexity index is 518. The van der Waals surface area contributed by atoms with Gasteiger partial charge in [-0.25, -0.2) is 16.7 Å². The van der Waals surface area contributed by atoms with Crippen molar-refractivity contribution < 1.29 is 9.59 Å². The van der Waals surface area contributed by atoms with Crippen LogP contribution < -0.4 is 28.3 Å². The summed E-state index contributed by atoms with van der Waals surface area (Å²) in [6.45, 7) is 4.13. The predicted molar refractivity (Wildman–Crippen MR) is 86.2 cm³/mol. The van der Waals surface area contributed by atoms with Gasteiger partial charge in [-0.15, -0.1) is 11.3 Å². The van der Waals surface area contributed by atoms with Crippen molar-refractivity contribution in [3.05, 3.63) is 11.1 Å². The van der Waals surface area contributed by atoms with E-state index < -0.39 is 5.41 Å². The van der Waals surface area contributed by atoms with Crippen LogP contribution in [0.2, 0.25) is 0 Å². The summed E-state index contributed by atoms with van der Waals surface area (Å²) in [4.78, 5) is 28.2. The van der Waals surface area contributed by atoms with Gasteiger partial charge in [-0.05, 0) is 25.2 Å². The Balaban J connectivity index is 3.16. The molecule has 124 valence electrons. The van der Waals surface area contributed by atoms with Crippen molar-refractivity contribution in [3.63, 3.8) is 0 Å². The minimum absolute atomic E-state index is 0.0967. The molecule has 0 saturated heterocycles. The van der Waals surface area contributed by atoms with Crippen LogP contribution in [0.3, 0.4) is 0 Å². The number of carbonyl (C=O) groups is 2. The Labute approximate surface area is 133 Å². The van der Waals surface area contributed by atoms with Gasteiger partial charge in [-0.1, -0.05) is 13.8 Å². The molecule has 8 N–H and O–H groups in total. The lowest BCUT2D eigenvalue weighted by molar-refractivity contribution is -0.128. The normalized spacial score (nSPS) is 13.7. The average Bonchev–Trinajstić information content (AvgIpc) is 2.93. The Morgan fingerprint density at radius 1 is 1.32 bits per heavy atom. The molecule has 0 radical (unpaired) electrons. The van der Waals surface area contributed by atoms with Gasteiger partial charge in [0, 0.05) is 11.8 Å². The number of nitrogens with two attached hydrogens (primary N) is 3. The Hall–Kier alpha value is -1.71. The van der Waals surface area contributed by atoms with Crippen molar-refractivity contribution in [3.8, 4) is 0 Å². The molecular weight excluding hydrogens is 304 g/mol. The van der Waals surface area contributed by atoms with Crippen molar-refractivity contribution in [2.24, 2.45) is 17.6 Å². The minimum Gasteiger partial charge on any atom is -0.375 e. The molecule has 2 amide bonds. The molecule has 0 bridgehead atoms. The molecule has 8 nitrogen and oxygen atoms in total. The largest absolute Gasteiger partial charge is 0.375 e. The number of aromatic nitrogens is 1. The van der Waals surface area contributed by atoms with Gasteiger partial charge in [0.05, 0.1) is 11.1 Å². The minimum atomic E-state index is -0.986. The van der Waals surface area contributed by atoms with Gasteiger partial charge in [-0.2, -0.15) is 0 Å². The van der Waals surface area contributed by atoms with Gasteiger partial charge in [0.15, 0.2) is 5.13 Å². The number of hydrogen-bond acceptors (Lipinski definition) is 7. The highest BCUT2D eigenvalue weighted by atomic mass is 32.1. The van der Waals surface area contributed by atoms with Crippen LogP contribution in [-0.4, -0.2) is 16.8 Å². The molecule has 1 aromatic heterocycles. The van der Waals surface area contributed by atoms with E-state index in [0.717, 1.165) is 6.42 Å². The topological polar surface area (TPSA) is 149 Å². The highest BCUT2D eigenvalue weighted by Gasteiger charge is 2.42. The first-order chi connectivity index (χ1) is 10.4. The maximum atomic E-state index is 12.5. The van der Waals surface area contributed by atoms with E-state index in [-0.39, 0.29) is 24.7 Å². The third-order valence-corrected chi connectivity index (χ3v) is 4.34. The molecule has 1 heterocycles. The molecule has 9 heteroatoms. The fourth-order valence-corrected chi connectivity index (χ4v) is 2.97. The number of nitrogen functional groups attached to an aromatic ring is 1. The molecule has 0 fully saturated rings. The number of nitrogens with zero attached hydrogens (tertiary/aromatic N) is 1. The first-order valence-electron chi connectivity index (χ1n) is 7.07. The summed E-state index contributed by atoms with van der Waals surface area (Å²) in [6, 6.07) is 0. The summed E-state index contributed by atoms with van der Waals surface area (Å²) in [5.41, 5.74) is 9.53. The maximum absolute atomic E-state index is 12.5. The molecule has 22 heavy (non-hydrogen) atoms. The van der Waals surface area contributed by atoms with Gasteiger partial charge >= 0.3 is 0 Å². The summed E-state index contributed by atoms with van der Waals surface area (Å²) in [5.74, 6) is 10.2. The van der Waals surface area contributed by atoms with Crippen molar-refractivity contribution >= 4 is 28.3 Å². The van der Waals surface area contributed by atoms with Gasteiger partial charge in [0.25, 0.3) is 0 Å². The molecular formula is C13H24N6O2S.